The van der Waals surface area contributed by atoms with E-state index in [1.54, 1.807) is 0 Å². The molecule has 0 aromatic carbocycles. The molecule has 26 heavy (non-hydrogen) atoms. The van der Waals surface area contributed by atoms with Crippen LogP contribution in [0.3, 0.4) is 0 Å². The van der Waals surface area contributed by atoms with Crippen LogP contribution in [0.15, 0.2) is 4.99 Å². The SMILES string of the molecule is CCCCCOCC1OC(O)CCC1OCCCCC.CCN=C(N)N. The van der Waals surface area contributed by atoms with Gasteiger partial charge in [0.15, 0.2) is 12.2 Å². The van der Waals surface area contributed by atoms with E-state index < -0.39 is 6.29 Å². The topological polar surface area (TPSA) is 112 Å². The van der Waals surface area contributed by atoms with Crippen molar-refractivity contribution in [2.75, 3.05) is 26.4 Å². The number of nitrogens with zero attached hydrogens (tertiary/aromatic N) is 1. The normalized spacial score (nSPS) is 22.4. The van der Waals surface area contributed by atoms with Crippen molar-refractivity contribution in [3.05, 3.63) is 0 Å². The number of rotatable bonds is 12. The summed E-state index contributed by atoms with van der Waals surface area (Å²) < 4.78 is 17.1. The van der Waals surface area contributed by atoms with Crippen LogP contribution in [0.1, 0.15) is 72.1 Å². The Balaban J connectivity index is 0.000000896. The van der Waals surface area contributed by atoms with Crippen molar-refractivity contribution in [1.29, 1.82) is 0 Å². The van der Waals surface area contributed by atoms with Crippen LogP contribution < -0.4 is 11.5 Å². The van der Waals surface area contributed by atoms with Gasteiger partial charge < -0.3 is 30.8 Å². The summed E-state index contributed by atoms with van der Waals surface area (Å²) in [6.45, 7) is 8.99. The largest absolute Gasteiger partial charge is 0.379 e. The Morgan fingerprint density at radius 1 is 1.04 bits per heavy atom. The van der Waals surface area contributed by atoms with Crippen LogP contribution in [0.4, 0.5) is 0 Å². The van der Waals surface area contributed by atoms with Crippen LogP contribution in [0, 0.1) is 0 Å². The van der Waals surface area contributed by atoms with E-state index in [1.165, 1.54) is 25.7 Å². The summed E-state index contributed by atoms with van der Waals surface area (Å²) in [5.41, 5.74) is 9.86. The number of unbranched alkanes of at least 4 members (excludes halogenated alkanes) is 4. The molecule has 1 fully saturated rings. The lowest BCUT2D eigenvalue weighted by Crippen LogP contribution is -2.43. The lowest BCUT2D eigenvalue weighted by molar-refractivity contribution is -0.222. The van der Waals surface area contributed by atoms with E-state index in [0.717, 1.165) is 32.5 Å². The first-order chi connectivity index (χ1) is 12.5. The Morgan fingerprint density at radius 3 is 2.23 bits per heavy atom. The predicted molar refractivity (Wildman–Crippen MR) is 106 cm³/mol. The summed E-state index contributed by atoms with van der Waals surface area (Å²) in [4.78, 5) is 3.60. The molecular weight excluding hydrogens is 334 g/mol. The highest BCUT2D eigenvalue weighted by atomic mass is 16.6. The number of guanidine groups is 1. The number of hydrogen-bond donors (Lipinski definition) is 3. The fourth-order valence-electron chi connectivity index (χ4n) is 2.61. The van der Waals surface area contributed by atoms with Crippen molar-refractivity contribution < 1.29 is 19.3 Å². The summed E-state index contributed by atoms with van der Waals surface area (Å²) in [6, 6.07) is 0. The highest BCUT2D eigenvalue weighted by Crippen LogP contribution is 2.22. The number of aliphatic hydroxyl groups excluding tert-OH is 1. The van der Waals surface area contributed by atoms with Crippen molar-refractivity contribution >= 4 is 5.96 Å². The molecule has 0 aromatic rings. The molecule has 3 atom stereocenters. The van der Waals surface area contributed by atoms with E-state index in [4.69, 9.17) is 25.7 Å². The molecule has 0 aliphatic carbocycles. The van der Waals surface area contributed by atoms with E-state index in [-0.39, 0.29) is 18.2 Å². The molecular formula is C19H41N3O4. The molecule has 1 aliphatic rings. The molecule has 0 bridgehead atoms. The van der Waals surface area contributed by atoms with Gasteiger partial charge >= 0.3 is 0 Å². The molecule has 7 heteroatoms. The van der Waals surface area contributed by atoms with Gasteiger partial charge in [-0.25, -0.2) is 0 Å². The average Bonchev–Trinajstić information content (AvgIpc) is 2.60. The maximum absolute atomic E-state index is 9.61. The first-order valence-corrected chi connectivity index (χ1v) is 10.1. The van der Waals surface area contributed by atoms with Crippen molar-refractivity contribution in [2.45, 2.75) is 90.6 Å². The zero-order valence-corrected chi connectivity index (χ0v) is 17.0. The van der Waals surface area contributed by atoms with E-state index in [0.29, 0.717) is 19.6 Å². The smallest absolute Gasteiger partial charge is 0.185 e. The standard InChI is InChI=1S/C16H32O4.C3H9N3/c1-3-5-7-11-18-13-15-14(9-10-16(17)20-15)19-12-8-6-4-2;1-2-6-3(4)5/h14-17H,3-13H2,1-2H3;2H2,1H3,(H4,4,5,6). The first kappa shape index (κ1) is 25.1. The monoisotopic (exact) mass is 375 g/mol. The number of ether oxygens (including phenoxy) is 3. The summed E-state index contributed by atoms with van der Waals surface area (Å²) in [7, 11) is 0. The lowest BCUT2D eigenvalue weighted by atomic mass is 10.1. The van der Waals surface area contributed by atoms with E-state index >= 15 is 0 Å². The molecule has 1 heterocycles. The fourth-order valence-corrected chi connectivity index (χ4v) is 2.61. The third kappa shape index (κ3) is 14.3. The third-order valence-electron chi connectivity index (χ3n) is 4.04. The minimum atomic E-state index is -0.658. The second kappa shape index (κ2) is 17.5. The summed E-state index contributed by atoms with van der Waals surface area (Å²) >= 11 is 0. The van der Waals surface area contributed by atoms with Gasteiger partial charge in [-0.05, 0) is 26.2 Å². The van der Waals surface area contributed by atoms with Gasteiger partial charge in [0.1, 0.15) is 6.10 Å². The van der Waals surface area contributed by atoms with Crippen LogP contribution >= 0.6 is 0 Å². The first-order valence-electron chi connectivity index (χ1n) is 10.1. The molecule has 3 unspecified atom stereocenters. The molecule has 0 spiro atoms. The van der Waals surface area contributed by atoms with Crippen molar-refractivity contribution in [1.82, 2.24) is 0 Å². The molecule has 7 nitrogen and oxygen atoms in total. The van der Waals surface area contributed by atoms with Gasteiger partial charge in [0.25, 0.3) is 0 Å². The van der Waals surface area contributed by atoms with Crippen molar-refractivity contribution in [3.8, 4) is 0 Å². The van der Waals surface area contributed by atoms with Crippen LogP contribution in [0.2, 0.25) is 0 Å². The number of nitrogens with two attached hydrogens (primary N) is 2. The van der Waals surface area contributed by atoms with E-state index in [1.807, 2.05) is 6.92 Å². The van der Waals surface area contributed by atoms with Gasteiger partial charge in [0, 0.05) is 26.2 Å². The number of aliphatic hydroxyl groups is 1. The van der Waals surface area contributed by atoms with Gasteiger partial charge in [0.05, 0.1) is 12.7 Å². The molecule has 1 aliphatic heterocycles. The van der Waals surface area contributed by atoms with Gasteiger partial charge in [0.2, 0.25) is 0 Å². The van der Waals surface area contributed by atoms with Crippen molar-refractivity contribution in [2.24, 2.45) is 16.5 Å². The molecule has 5 N–H and O–H groups in total. The maximum Gasteiger partial charge on any atom is 0.185 e. The van der Waals surface area contributed by atoms with E-state index in [9.17, 15) is 5.11 Å². The zero-order valence-electron chi connectivity index (χ0n) is 17.0. The number of aliphatic imine (C=N–C) groups is 1. The second-order valence-electron chi connectivity index (χ2n) is 6.50. The van der Waals surface area contributed by atoms with Gasteiger partial charge in [-0.15, -0.1) is 0 Å². The fraction of sp³-hybridized carbons (Fsp3) is 0.947. The van der Waals surface area contributed by atoms with Crippen LogP contribution in [-0.4, -0.2) is 55.9 Å². The summed E-state index contributed by atoms with van der Waals surface area (Å²) in [5, 5.41) is 9.61. The van der Waals surface area contributed by atoms with Crippen molar-refractivity contribution in [3.63, 3.8) is 0 Å². The number of hydrogen-bond acceptors (Lipinski definition) is 5. The van der Waals surface area contributed by atoms with Gasteiger partial charge in [-0.3, -0.25) is 4.99 Å². The van der Waals surface area contributed by atoms with Crippen LogP contribution in [-0.2, 0) is 14.2 Å². The highest BCUT2D eigenvalue weighted by molar-refractivity contribution is 5.75. The molecule has 156 valence electrons. The molecule has 0 amide bonds. The maximum atomic E-state index is 9.61. The van der Waals surface area contributed by atoms with Crippen LogP contribution in [0.5, 0.6) is 0 Å². The van der Waals surface area contributed by atoms with Gasteiger partial charge in [-0.2, -0.15) is 0 Å². The zero-order chi connectivity index (χ0) is 19.6. The molecule has 1 rings (SSSR count). The molecule has 1 saturated heterocycles. The summed E-state index contributed by atoms with van der Waals surface area (Å²) in [6.07, 6.45) is 7.80. The third-order valence-corrected chi connectivity index (χ3v) is 4.04. The van der Waals surface area contributed by atoms with Crippen LogP contribution in [0.25, 0.3) is 0 Å². The lowest BCUT2D eigenvalue weighted by Gasteiger charge is -2.34. The Morgan fingerprint density at radius 2 is 1.69 bits per heavy atom. The highest BCUT2D eigenvalue weighted by Gasteiger charge is 2.31. The Labute approximate surface area is 159 Å². The quantitative estimate of drug-likeness (QED) is 0.274. The Kier molecular flexibility index (Phi) is 16.9. The predicted octanol–water partition coefficient (Wildman–Crippen LogP) is 2.55. The van der Waals surface area contributed by atoms with E-state index in [2.05, 4.69) is 18.8 Å². The molecule has 0 saturated carbocycles. The Hall–Kier alpha value is -0.890. The minimum absolute atomic E-state index is 0.0708. The molecule has 0 radical (unpaired) electrons. The molecule has 0 aromatic heterocycles. The minimum Gasteiger partial charge on any atom is -0.379 e. The van der Waals surface area contributed by atoms with Gasteiger partial charge in [-0.1, -0.05) is 39.5 Å². The average molecular weight is 376 g/mol. The second-order valence-corrected chi connectivity index (χ2v) is 6.50. The Bertz CT molecular complexity index is 339. The summed E-state index contributed by atoms with van der Waals surface area (Å²) in [5.74, 6) is 0.164.